The summed E-state index contributed by atoms with van der Waals surface area (Å²) in [5, 5.41) is 17.0. The maximum atomic E-state index is 13.1. The van der Waals surface area contributed by atoms with Crippen molar-refractivity contribution in [2.45, 2.75) is 40.8 Å². The smallest absolute Gasteiger partial charge is 0.291 e. The molecule has 0 radical (unpaired) electrons. The van der Waals surface area contributed by atoms with Crippen molar-refractivity contribution in [3.05, 3.63) is 154 Å². The minimum Gasteiger partial charge on any atom is -0.350 e. The Labute approximate surface area is 332 Å². The summed E-state index contributed by atoms with van der Waals surface area (Å²) >= 11 is 0. The van der Waals surface area contributed by atoms with Crippen LogP contribution in [0.25, 0.3) is 44.3 Å². The second kappa shape index (κ2) is 17.0. The zero-order valence-electron chi connectivity index (χ0n) is 32.2. The molecule has 288 valence electrons. The highest BCUT2D eigenvalue weighted by atomic mass is 16.1. The number of hydrogen-bond acceptors (Lipinski definition) is 12. The summed E-state index contributed by atoms with van der Waals surface area (Å²) in [6, 6.07) is 25.8. The zero-order chi connectivity index (χ0) is 40.8. The minimum atomic E-state index is -0.355. The van der Waals surface area contributed by atoms with Crippen LogP contribution < -0.4 is 21.8 Å². The number of aryl methyl sites for hydroxylation is 2. The molecule has 58 heavy (non-hydrogen) atoms. The molecule has 0 amide bonds. The number of nitrogens with zero attached hydrogens (tertiary/aromatic N) is 8. The number of aromatic nitrogens is 8. The first kappa shape index (κ1) is 38.5. The van der Waals surface area contributed by atoms with E-state index in [2.05, 4.69) is 40.8 Å². The highest BCUT2D eigenvalue weighted by Crippen LogP contribution is 2.31. The highest BCUT2D eigenvalue weighted by Gasteiger charge is 2.24. The third-order valence-electron chi connectivity index (χ3n) is 9.31. The number of fused-ring (bicyclic) bond motifs is 2. The molecule has 0 aliphatic carbocycles. The molecule has 8 rings (SSSR count). The van der Waals surface area contributed by atoms with E-state index in [0.29, 0.717) is 41.4 Å². The van der Waals surface area contributed by atoms with Crippen molar-refractivity contribution in [1.29, 1.82) is 0 Å². The van der Waals surface area contributed by atoms with Gasteiger partial charge in [0.05, 0.1) is 22.2 Å². The molecular formula is C44H38N10O4. The van der Waals surface area contributed by atoms with E-state index in [-0.39, 0.29) is 45.2 Å². The van der Waals surface area contributed by atoms with Gasteiger partial charge in [0, 0.05) is 83.5 Å². The normalized spacial score (nSPS) is 10.8. The summed E-state index contributed by atoms with van der Waals surface area (Å²) in [5.74, 6) is -0.497. The Balaban J connectivity index is 0.000000177. The standard InChI is InChI=1S/2C22H19N5O2/c1-3-27-22(29)21(25-18-10-4-9-17-16(18)8-6-12-24-17)19(14(2)28)20(26-27)15-7-5-11-23-13-15;1-3-27-22(29)21(25-18-8-4-7-17-16(18)6-5-11-24-17)19(14(2)28)20(26-27)15-9-12-23-13-10-15/h2*4-13,25H,3H2,1-2H3. The van der Waals surface area contributed by atoms with Crippen LogP contribution in [0.1, 0.15) is 48.4 Å². The van der Waals surface area contributed by atoms with Crippen molar-refractivity contribution in [3.8, 4) is 22.5 Å². The molecule has 2 N–H and O–H groups in total. The summed E-state index contributed by atoms with van der Waals surface area (Å²) in [6.45, 7) is 7.29. The van der Waals surface area contributed by atoms with Gasteiger partial charge >= 0.3 is 0 Å². The SMILES string of the molecule is CCn1nc(-c2cccnc2)c(C(C)=O)c(Nc2cccc3ncccc23)c1=O.CCn1nc(-c2ccncc2)c(C(C)=O)c(Nc2cccc3ncccc23)c1=O. The molecule has 0 aliphatic rings. The van der Waals surface area contributed by atoms with Crippen molar-refractivity contribution in [3.63, 3.8) is 0 Å². The molecule has 14 heteroatoms. The van der Waals surface area contributed by atoms with Crippen LogP contribution in [-0.4, -0.2) is 51.1 Å². The molecule has 0 bridgehead atoms. The van der Waals surface area contributed by atoms with E-state index in [0.717, 1.165) is 27.4 Å². The van der Waals surface area contributed by atoms with Crippen molar-refractivity contribution in [2.24, 2.45) is 0 Å². The van der Waals surface area contributed by atoms with Gasteiger partial charge < -0.3 is 10.6 Å². The molecule has 0 saturated heterocycles. The Kier molecular flexibility index (Phi) is 11.3. The van der Waals surface area contributed by atoms with Crippen LogP contribution in [-0.2, 0) is 13.1 Å². The van der Waals surface area contributed by atoms with Gasteiger partial charge in [0.25, 0.3) is 11.1 Å². The maximum absolute atomic E-state index is 13.1. The number of rotatable bonds is 10. The van der Waals surface area contributed by atoms with Crippen LogP contribution in [0, 0.1) is 0 Å². The van der Waals surface area contributed by atoms with Crippen molar-refractivity contribution < 1.29 is 9.59 Å². The fraction of sp³-hybridized carbons (Fsp3) is 0.136. The van der Waals surface area contributed by atoms with E-state index in [1.807, 2.05) is 80.6 Å². The lowest BCUT2D eigenvalue weighted by atomic mass is 10.0. The predicted molar refractivity (Wildman–Crippen MR) is 225 cm³/mol. The number of anilines is 4. The molecule has 0 fully saturated rings. The number of hydrogen-bond donors (Lipinski definition) is 2. The summed E-state index contributed by atoms with van der Waals surface area (Å²) in [4.78, 5) is 68.3. The van der Waals surface area contributed by atoms with Crippen LogP contribution in [0.3, 0.4) is 0 Å². The Morgan fingerprint density at radius 2 is 1.03 bits per heavy atom. The predicted octanol–water partition coefficient (Wildman–Crippen LogP) is 7.64. The summed E-state index contributed by atoms with van der Waals surface area (Å²) in [7, 11) is 0. The maximum Gasteiger partial charge on any atom is 0.291 e. The fourth-order valence-corrected chi connectivity index (χ4v) is 6.60. The van der Waals surface area contributed by atoms with Crippen LogP contribution in [0.15, 0.2) is 132 Å². The van der Waals surface area contributed by atoms with E-state index < -0.39 is 0 Å². The highest BCUT2D eigenvalue weighted by molar-refractivity contribution is 6.07. The molecule has 14 nitrogen and oxygen atoms in total. The van der Waals surface area contributed by atoms with Gasteiger partial charge in [-0.25, -0.2) is 9.36 Å². The van der Waals surface area contributed by atoms with Gasteiger partial charge in [0.2, 0.25) is 0 Å². The number of carbonyl (C=O) groups excluding carboxylic acids is 2. The average Bonchev–Trinajstić information content (AvgIpc) is 3.25. The van der Waals surface area contributed by atoms with Crippen molar-refractivity contribution in [2.75, 3.05) is 10.6 Å². The Morgan fingerprint density at radius 1 is 0.552 bits per heavy atom. The number of benzene rings is 2. The lowest BCUT2D eigenvalue weighted by Crippen LogP contribution is -2.28. The Bertz CT molecular complexity index is 2720. The lowest BCUT2D eigenvalue weighted by molar-refractivity contribution is 0.101. The molecule has 2 aromatic carbocycles. The zero-order valence-corrected chi connectivity index (χ0v) is 32.2. The van der Waals surface area contributed by atoms with Crippen LogP contribution in [0.5, 0.6) is 0 Å². The number of pyridine rings is 4. The third kappa shape index (κ3) is 7.71. The van der Waals surface area contributed by atoms with Crippen LogP contribution >= 0.6 is 0 Å². The Hall–Kier alpha value is -7.74. The van der Waals surface area contributed by atoms with E-state index in [4.69, 9.17) is 0 Å². The van der Waals surface area contributed by atoms with Gasteiger partial charge in [-0.2, -0.15) is 10.2 Å². The van der Waals surface area contributed by atoms with Crippen LogP contribution in [0.4, 0.5) is 22.7 Å². The fourth-order valence-electron chi connectivity index (χ4n) is 6.60. The summed E-state index contributed by atoms with van der Waals surface area (Å²) in [6.07, 6.45) is 9.97. The van der Waals surface area contributed by atoms with Gasteiger partial charge in [-0.05, 0) is 100 Å². The minimum absolute atomic E-state index is 0.199. The first-order chi connectivity index (χ1) is 28.2. The second-order valence-corrected chi connectivity index (χ2v) is 13.0. The molecule has 0 atom stereocenters. The number of carbonyl (C=O) groups is 2. The lowest BCUT2D eigenvalue weighted by Gasteiger charge is -2.17. The van der Waals surface area contributed by atoms with E-state index in [9.17, 15) is 19.2 Å². The van der Waals surface area contributed by atoms with Gasteiger partial charge in [-0.3, -0.25) is 39.1 Å². The number of Topliss-reactive ketones (excluding diaryl/α,β-unsaturated/α-hetero) is 2. The van der Waals surface area contributed by atoms with Gasteiger partial charge in [-0.1, -0.05) is 12.1 Å². The molecular weight excluding hydrogens is 733 g/mol. The molecule has 0 aliphatic heterocycles. The van der Waals surface area contributed by atoms with E-state index in [1.165, 1.54) is 23.2 Å². The van der Waals surface area contributed by atoms with Gasteiger partial charge in [-0.15, -0.1) is 0 Å². The first-order valence-electron chi connectivity index (χ1n) is 18.5. The Morgan fingerprint density at radius 3 is 1.48 bits per heavy atom. The largest absolute Gasteiger partial charge is 0.350 e. The van der Waals surface area contributed by atoms with E-state index >= 15 is 0 Å². The van der Waals surface area contributed by atoms with E-state index in [1.54, 1.807) is 55.4 Å². The topological polar surface area (TPSA) is 180 Å². The molecule has 0 unspecified atom stereocenters. The average molecular weight is 771 g/mol. The van der Waals surface area contributed by atoms with Gasteiger partial charge in [0.1, 0.15) is 22.8 Å². The second-order valence-electron chi connectivity index (χ2n) is 13.0. The molecule has 6 aromatic heterocycles. The van der Waals surface area contributed by atoms with Crippen molar-refractivity contribution in [1.82, 2.24) is 39.5 Å². The number of nitrogens with one attached hydrogen (secondary N) is 2. The quantitative estimate of drug-likeness (QED) is 0.130. The summed E-state index contributed by atoms with van der Waals surface area (Å²) < 4.78 is 2.70. The van der Waals surface area contributed by atoms with Crippen LogP contribution in [0.2, 0.25) is 0 Å². The molecule has 0 saturated carbocycles. The van der Waals surface area contributed by atoms with Crippen molar-refractivity contribution >= 4 is 56.1 Å². The van der Waals surface area contributed by atoms with Gasteiger partial charge in [0.15, 0.2) is 11.6 Å². The molecule has 8 aromatic rings. The number of ketones is 2. The third-order valence-corrected chi connectivity index (χ3v) is 9.31. The first-order valence-corrected chi connectivity index (χ1v) is 18.5. The molecule has 6 heterocycles. The monoisotopic (exact) mass is 770 g/mol. The molecule has 0 spiro atoms. The summed E-state index contributed by atoms with van der Waals surface area (Å²) in [5.41, 5.74) is 5.43.